The lowest BCUT2D eigenvalue weighted by atomic mass is 10.2. The van der Waals surface area contributed by atoms with Gasteiger partial charge < -0.3 is 15.6 Å². The van der Waals surface area contributed by atoms with Gasteiger partial charge in [-0.15, -0.1) is 0 Å². The van der Waals surface area contributed by atoms with Crippen LogP contribution in [-0.2, 0) is 11.3 Å². The van der Waals surface area contributed by atoms with E-state index in [0.29, 0.717) is 12.4 Å². The Morgan fingerprint density at radius 1 is 1.25 bits per heavy atom. The average Bonchev–Trinajstić information content (AvgIpc) is 2.74. The number of unbranched alkanes of at least 4 members (excludes halogenated alkanes) is 1. The Bertz CT molecular complexity index is 632. The highest BCUT2D eigenvalue weighted by Crippen LogP contribution is 2.25. The van der Waals surface area contributed by atoms with Gasteiger partial charge >= 0.3 is 0 Å². The maximum Gasteiger partial charge on any atom is 0.207 e. The lowest BCUT2D eigenvalue weighted by molar-refractivity contribution is -0.109. The van der Waals surface area contributed by atoms with E-state index < -0.39 is 0 Å². The van der Waals surface area contributed by atoms with Crippen molar-refractivity contribution in [2.24, 2.45) is 0 Å². The SMILES string of the molecule is Cc1nc(N)c2nc(C)n(CCCCNC=O)c2c1C. The van der Waals surface area contributed by atoms with E-state index in [-0.39, 0.29) is 0 Å². The van der Waals surface area contributed by atoms with Crippen LogP contribution in [0.1, 0.15) is 29.9 Å². The Morgan fingerprint density at radius 2 is 2.00 bits per heavy atom. The second-order valence-electron chi connectivity index (χ2n) is 4.99. The third-order valence-electron chi connectivity index (χ3n) is 3.62. The second kappa shape index (κ2) is 5.90. The summed E-state index contributed by atoms with van der Waals surface area (Å²) in [7, 11) is 0. The lowest BCUT2D eigenvalue weighted by Crippen LogP contribution is -2.13. The fourth-order valence-corrected chi connectivity index (χ4v) is 2.44. The van der Waals surface area contributed by atoms with Crippen LogP contribution >= 0.6 is 0 Å². The third kappa shape index (κ3) is 2.59. The molecule has 0 spiro atoms. The number of rotatable bonds is 6. The Hall–Kier alpha value is -2.11. The normalized spacial score (nSPS) is 10.9. The molecule has 0 atom stereocenters. The zero-order valence-corrected chi connectivity index (χ0v) is 12.2. The van der Waals surface area contributed by atoms with Crippen molar-refractivity contribution in [3.05, 3.63) is 17.1 Å². The molecule has 0 aliphatic carbocycles. The molecule has 0 aliphatic heterocycles. The predicted molar refractivity (Wildman–Crippen MR) is 79.5 cm³/mol. The number of imidazole rings is 1. The molecule has 0 fully saturated rings. The van der Waals surface area contributed by atoms with Gasteiger partial charge in [-0.25, -0.2) is 9.97 Å². The van der Waals surface area contributed by atoms with Gasteiger partial charge in [0.2, 0.25) is 6.41 Å². The monoisotopic (exact) mass is 275 g/mol. The third-order valence-corrected chi connectivity index (χ3v) is 3.62. The van der Waals surface area contributed by atoms with Crippen molar-refractivity contribution in [3.8, 4) is 0 Å². The number of hydrogen-bond acceptors (Lipinski definition) is 4. The summed E-state index contributed by atoms with van der Waals surface area (Å²) in [5, 5.41) is 2.67. The van der Waals surface area contributed by atoms with Crippen LogP contribution in [0, 0.1) is 20.8 Å². The summed E-state index contributed by atoms with van der Waals surface area (Å²) in [5.41, 5.74) is 9.90. The summed E-state index contributed by atoms with van der Waals surface area (Å²) in [4.78, 5) is 19.1. The molecule has 0 saturated carbocycles. The van der Waals surface area contributed by atoms with Crippen LogP contribution < -0.4 is 11.1 Å². The van der Waals surface area contributed by atoms with Crippen molar-refractivity contribution in [3.63, 3.8) is 0 Å². The van der Waals surface area contributed by atoms with E-state index in [0.717, 1.165) is 53.9 Å². The minimum Gasteiger partial charge on any atom is -0.382 e. The molecule has 2 aromatic heterocycles. The fourth-order valence-electron chi connectivity index (χ4n) is 2.44. The molecule has 0 aromatic carbocycles. The van der Waals surface area contributed by atoms with E-state index in [4.69, 9.17) is 5.73 Å². The minimum atomic E-state index is 0.493. The van der Waals surface area contributed by atoms with E-state index in [1.807, 2.05) is 13.8 Å². The number of nitrogens with two attached hydrogens (primary N) is 1. The number of nitrogens with zero attached hydrogens (tertiary/aromatic N) is 3. The Kier molecular flexibility index (Phi) is 4.22. The molecule has 0 radical (unpaired) electrons. The number of pyridine rings is 1. The molecule has 6 heteroatoms. The average molecular weight is 275 g/mol. The molecule has 1 amide bonds. The molecule has 0 aliphatic rings. The number of hydrogen-bond donors (Lipinski definition) is 2. The maximum atomic E-state index is 10.2. The van der Waals surface area contributed by atoms with Crippen LogP contribution in [-0.4, -0.2) is 27.5 Å². The molecule has 2 heterocycles. The first-order chi connectivity index (χ1) is 9.56. The van der Waals surface area contributed by atoms with Crippen LogP contribution in [0.15, 0.2) is 0 Å². The van der Waals surface area contributed by atoms with E-state index in [9.17, 15) is 4.79 Å². The summed E-state index contributed by atoms with van der Waals surface area (Å²) in [5.74, 6) is 1.44. The fraction of sp³-hybridized carbons (Fsp3) is 0.500. The molecular weight excluding hydrogens is 254 g/mol. The first kappa shape index (κ1) is 14.3. The van der Waals surface area contributed by atoms with E-state index >= 15 is 0 Å². The van der Waals surface area contributed by atoms with Crippen molar-refractivity contribution in [1.29, 1.82) is 0 Å². The Labute approximate surface area is 118 Å². The first-order valence-electron chi connectivity index (χ1n) is 6.82. The largest absolute Gasteiger partial charge is 0.382 e. The highest BCUT2D eigenvalue weighted by atomic mass is 16.1. The smallest absolute Gasteiger partial charge is 0.207 e. The number of nitrogens with one attached hydrogen (secondary N) is 1. The highest BCUT2D eigenvalue weighted by molar-refractivity contribution is 5.88. The van der Waals surface area contributed by atoms with Crippen LogP contribution in [0.2, 0.25) is 0 Å². The molecule has 20 heavy (non-hydrogen) atoms. The number of fused-ring (bicyclic) bond motifs is 1. The molecule has 2 aromatic rings. The molecule has 0 saturated heterocycles. The molecule has 0 bridgehead atoms. The second-order valence-corrected chi connectivity index (χ2v) is 4.99. The van der Waals surface area contributed by atoms with Crippen LogP contribution in [0.3, 0.4) is 0 Å². The van der Waals surface area contributed by atoms with Gasteiger partial charge in [-0.1, -0.05) is 0 Å². The van der Waals surface area contributed by atoms with Gasteiger partial charge in [0.25, 0.3) is 0 Å². The van der Waals surface area contributed by atoms with Gasteiger partial charge in [-0.3, -0.25) is 4.79 Å². The maximum absolute atomic E-state index is 10.2. The van der Waals surface area contributed by atoms with Gasteiger partial charge in [-0.2, -0.15) is 0 Å². The summed E-state index contributed by atoms with van der Waals surface area (Å²) in [6, 6.07) is 0. The highest BCUT2D eigenvalue weighted by Gasteiger charge is 2.14. The van der Waals surface area contributed by atoms with Crippen molar-refractivity contribution in [2.45, 2.75) is 40.2 Å². The van der Waals surface area contributed by atoms with Crippen molar-refractivity contribution in [1.82, 2.24) is 19.9 Å². The number of amides is 1. The number of carbonyl (C=O) groups excluding carboxylic acids is 1. The Morgan fingerprint density at radius 3 is 2.70 bits per heavy atom. The molecule has 108 valence electrons. The summed E-state index contributed by atoms with van der Waals surface area (Å²) < 4.78 is 2.19. The number of nitrogen functional groups attached to an aromatic ring is 1. The van der Waals surface area contributed by atoms with Crippen molar-refractivity contribution in [2.75, 3.05) is 12.3 Å². The summed E-state index contributed by atoms with van der Waals surface area (Å²) in [6.45, 7) is 7.57. The lowest BCUT2D eigenvalue weighted by Gasteiger charge is -2.10. The van der Waals surface area contributed by atoms with E-state index in [1.54, 1.807) is 0 Å². The van der Waals surface area contributed by atoms with Crippen LogP contribution in [0.25, 0.3) is 11.0 Å². The summed E-state index contributed by atoms with van der Waals surface area (Å²) in [6.07, 6.45) is 2.65. The van der Waals surface area contributed by atoms with Crippen molar-refractivity contribution < 1.29 is 4.79 Å². The number of anilines is 1. The van der Waals surface area contributed by atoms with E-state index in [2.05, 4.69) is 26.8 Å². The molecule has 3 N–H and O–H groups in total. The van der Waals surface area contributed by atoms with Gasteiger partial charge in [-0.05, 0) is 39.2 Å². The topological polar surface area (TPSA) is 85.8 Å². The van der Waals surface area contributed by atoms with Crippen LogP contribution in [0.5, 0.6) is 0 Å². The first-order valence-corrected chi connectivity index (χ1v) is 6.82. The van der Waals surface area contributed by atoms with E-state index in [1.165, 1.54) is 0 Å². The van der Waals surface area contributed by atoms with Gasteiger partial charge in [0.1, 0.15) is 11.3 Å². The Balaban J connectivity index is 2.28. The predicted octanol–water partition coefficient (Wildman–Crippen LogP) is 1.46. The van der Waals surface area contributed by atoms with Gasteiger partial charge in [0.05, 0.1) is 5.52 Å². The number of carbonyl (C=O) groups is 1. The summed E-state index contributed by atoms with van der Waals surface area (Å²) >= 11 is 0. The number of aryl methyl sites for hydroxylation is 4. The molecule has 2 rings (SSSR count). The van der Waals surface area contributed by atoms with Crippen molar-refractivity contribution >= 4 is 23.3 Å². The van der Waals surface area contributed by atoms with Gasteiger partial charge in [0.15, 0.2) is 5.82 Å². The van der Waals surface area contributed by atoms with Crippen LogP contribution in [0.4, 0.5) is 5.82 Å². The zero-order chi connectivity index (χ0) is 14.7. The standard InChI is InChI=1S/C14H21N5O/c1-9-10(2)17-14(15)12-13(9)19(11(3)18-12)7-5-4-6-16-8-20/h8H,4-7H2,1-3H3,(H2,15,17)(H,16,20). The molecule has 0 unspecified atom stereocenters. The molecular formula is C14H21N5O. The van der Waals surface area contributed by atoms with Gasteiger partial charge in [0, 0.05) is 18.8 Å². The quantitative estimate of drug-likeness (QED) is 0.617. The minimum absolute atomic E-state index is 0.493. The number of aromatic nitrogens is 3. The zero-order valence-electron chi connectivity index (χ0n) is 12.2. The molecule has 6 nitrogen and oxygen atoms in total.